The lowest BCUT2D eigenvalue weighted by atomic mass is 10.0. The topological polar surface area (TPSA) is 39.2 Å². The number of carbonyl (C=O) groups is 1. The number of aromatic nitrogens is 1. The molecule has 0 aromatic carbocycles. The smallest absolute Gasteiger partial charge is 0.224 e. The SMILES string of the molecule is COc1ncc(C(C)C)cc1C(C)=O. The molecule has 0 atom stereocenters. The molecule has 76 valence electrons. The summed E-state index contributed by atoms with van der Waals surface area (Å²) in [5, 5.41) is 0. The van der Waals surface area contributed by atoms with Gasteiger partial charge in [0, 0.05) is 6.20 Å². The molecule has 0 spiro atoms. The van der Waals surface area contributed by atoms with Crippen LogP contribution in [-0.4, -0.2) is 17.9 Å². The predicted molar refractivity (Wildman–Crippen MR) is 54.9 cm³/mol. The number of pyridine rings is 1. The highest BCUT2D eigenvalue weighted by molar-refractivity contribution is 5.96. The monoisotopic (exact) mass is 193 g/mol. The van der Waals surface area contributed by atoms with Crippen LogP contribution < -0.4 is 4.74 Å². The molecule has 0 aliphatic heterocycles. The van der Waals surface area contributed by atoms with E-state index in [0.717, 1.165) is 5.56 Å². The van der Waals surface area contributed by atoms with Gasteiger partial charge in [-0.3, -0.25) is 4.79 Å². The highest BCUT2D eigenvalue weighted by Crippen LogP contribution is 2.21. The molecule has 0 amide bonds. The molecule has 3 heteroatoms. The second-order valence-corrected chi connectivity index (χ2v) is 3.54. The molecule has 1 rings (SSSR count). The maximum Gasteiger partial charge on any atom is 0.224 e. The van der Waals surface area contributed by atoms with Crippen molar-refractivity contribution < 1.29 is 9.53 Å². The van der Waals surface area contributed by atoms with Gasteiger partial charge in [-0.15, -0.1) is 0 Å². The van der Waals surface area contributed by atoms with Gasteiger partial charge in [0.25, 0.3) is 0 Å². The number of ketones is 1. The average molecular weight is 193 g/mol. The van der Waals surface area contributed by atoms with Crippen molar-refractivity contribution in [1.82, 2.24) is 4.98 Å². The molecule has 0 bridgehead atoms. The molecule has 0 saturated heterocycles. The average Bonchev–Trinajstić information content (AvgIpc) is 2.16. The summed E-state index contributed by atoms with van der Waals surface area (Å²) in [5.74, 6) is 0.755. The second kappa shape index (κ2) is 4.22. The van der Waals surface area contributed by atoms with Crippen LogP contribution in [0.2, 0.25) is 0 Å². The summed E-state index contributed by atoms with van der Waals surface area (Å²) in [4.78, 5) is 15.4. The van der Waals surface area contributed by atoms with Crippen LogP contribution >= 0.6 is 0 Å². The largest absolute Gasteiger partial charge is 0.480 e. The van der Waals surface area contributed by atoms with Gasteiger partial charge in [-0.2, -0.15) is 0 Å². The zero-order valence-electron chi connectivity index (χ0n) is 9.00. The zero-order chi connectivity index (χ0) is 10.7. The molecular weight excluding hydrogens is 178 g/mol. The van der Waals surface area contributed by atoms with Gasteiger partial charge >= 0.3 is 0 Å². The second-order valence-electron chi connectivity index (χ2n) is 3.54. The minimum Gasteiger partial charge on any atom is -0.480 e. The fourth-order valence-corrected chi connectivity index (χ4v) is 1.20. The van der Waals surface area contributed by atoms with Crippen molar-refractivity contribution in [2.45, 2.75) is 26.7 Å². The number of hydrogen-bond acceptors (Lipinski definition) is 3. The summed E-state index contributed by atoms with van der Waals surface area (Å²) in [6, 6.07) is 1.85. The molecular formula is C11H15NO2. The molecule has 0 radical (unpaired) electrons. The summed E-state index contributed by atoms with van der Waals surface area (Å²) in [6.45, 7) is 5.64. The van der Waals surface area contributed by atoms with Crippen LogP contribution in [0.1, 0.15) is 42.6 Å². The van der Waals surface area contributed by atoms with Crippen molar-refractivity contribution in [3.8, 4) is 5.88 Å². The number of carbonyl (C=O) groups excluding carboxylic acids is 1. The minimum absolute atomic E-state index is 0.0168. The molecule has 0 fully saturated rings. The first-order chi connectivity index (χ1) is 6.56. The first kappa shape index (κ1) is 10.7. The lowest BCUT2D eigenvalue weighted by Gasteiger charge is -2.09. The zero-order valence-corrected chi connectivity index (χ0v) is 9.00. The normalized spacial score (nSPS) is 10.4. The fourth-order valence-electron chi connectivity index (χ4n) is 1.20. The highest BCUT2D eigenvalue weighted by Gasteiger charge is 2.11. The Morgan fingerprint density at radius 2 is 2.14 bits per heavy atom. The highest BCUT2D eigenvalue weighted by atomic mass is 16.5. The molecule has 1 heterocycles. The van der Waals surface area contributed by atoms with Crippen LogP contribution in [0.15, 0.2) is 12.3 Å². The quantitative estimate of drug-likeness (QED) is 0.692. The number of ether oxygens (including phenoxy) is 1. The summed E-state index contributed by atoms with van der Waals surface area (Å²) in [5.41, 5.74) is 1.61. The van der Waals surface area contributed by atoms with E-state index >= 15 is 0 Å². The Kier molecular flexibility index (Phi) is 3.23. The molecule has 0 aliphatic rings. The predicted octanol–water partition coefficient (Wildman–Crippen LogP) is 2.42. The lowest BCUT2D eigenvalue weighted by molar-refractivity contribution is 0.101. The summed E-state index contributed by atoms with van der Waals surface area (Å²) in [6.07, 6.45) is 1.75. The van der Waals surface area contributed by atoms with E-state index < -0.39 is 0 Å². The Morgan fingerprint density at radius 1 is 1.50 bits per heavy atom. The van der Waals surface area contributed by atoms with Crippen LogP contribution in [0.5, 0.6) is 5.88 Å². The molecule has 0 saturated carbocycles. The van der Waals surface area contributed by atoms with Gasteiger partial charge in [-0.05, 0) is 24.5 Å². The third-order valence-corrected chi connectivity index (χ3v) is 2.11. The Balaban J connectivity index is 3.21. The minimum atomic E-state index is -0.0168. The third-order valence-electron chi connectivity index (χ3n) is 2.11. The maximum absolute atomic E-state index is 11.3. The number of methoxy groups -OCH3 is 1. The van der Waals surface area contributed by atoms with Crippen LogP contribution in [0.4, 0.5) is 0 Å². The molecule has 1 aromatic rings. The van der Waals surface area contributed by atoms with Crippen molar-refractivity contribution in [1.29, 1.82) is 0 Å². The van der Waals surface area contributed by atoms with E-state index in [1.54, 1.807) is 6.20 Å². The van der Waals surface area contributed by atoms with E-state index in [1.807, 2.05) is 6.07 Å². The van der Waals surface area contributed by atoms with E-state index in [4.69, 9.17) is 4.74 Å². The van der Waals surface area contributed by atoms with Crippen LogP contribution in [0.25, 0.3) is 0 Å². The van der Waals surface area contributed by atoms with Gasteiger partial charge in [0.15, 0.2) is 5.78 Å². The van der Waals surface area contributed by atoms with E-state index in [9.17, 15) is 4.79 Å². The fraction of sp³-hybridized carbons (Fsp3) is 0.455. The summed E-state index contributed by atoms with van der Waals surface area (Å²) < 4.78 is 5.01. The van der Waals surface area contributed by atoms with Crippen molar-refractivity contribution in [3.05, 3.63) is 23.4 Å². The van der Waals surface area contributed by atoms with Crippen LogP contribution in [0, 0.1) is 0 Å². The van der Waals surface area contributed by atoms with Crippen molar-refractivity contribution in [2.75, 3.05) is 7.11 Å². The van der Waals surface area contributed by atoms with E-state index in [0.29, 0.717) is 17.4 Å². The first-order valence-corrected chi connectivity index (χ1v) is 4.61. The van der Waals surface area contributed by atoms with E-state index in [2.05, 4.69) is 18.8 Å². The Morgan fingerprint density at radius 3 is 2.57 bits per heavy atom. The van der Waals surface area contributed by atoms with Gasteiger partial charge in [0.1, 0.15) is 0 Å². The maximum atomic E-state index is 11.3. The molecule has 0 N–H and O–H groups in total. The molecule has 3 nitrogen and oxygen atoms in total. The molecule has 1 aromatic heterocycles. The van der Waals surface area contributed by atoms with Crippen molar-refractivity contribution in [3.63, 3.8) is 0 Å². The van der Waals surface area contributed by atoms with Gasteiger partial charge in [-0.1, -0.05) is 13.8 Å². The molecule has 0 unspecified atom stereocenters. The standard InChI is InChI=1S/C11H15NO2/c1-7(2)9-5-10(8(3)13)11(14-4)12-6-9/h5-7H,1-4H3. The lowest BCUT2D eigenvalue weighted by Crippen LogP contribution is -2.02. The van der Waals surface area contributed by atoms with Crippen molar-refractivity contribution in [2.24, 2.45) is 0 Å². The van der Waals surface area contributed by atoms with E-state index in [1.165, 1.54) is 14.0 Å². The first-order valence-electron chi connectivity index (χ1n) is 4.61. The summed E-state index contributed by atoms with van der Waals surface area (Å²) in [7, 11) is 1.52. The third kappa shape index (κ3) is 2.10. The number of rotatable bonds is 3. The Labute approximate surface area is 84.1 Å². The van der Waals surface area contributed by atoms with Crippen LogP contribution in [-0.2, 0) is 0 Å². The number of hydrogen-bond donors (Lipinski definition) is 0. The molecule has 0 aliphatic carbocycles. The van der Waals surface area contributed by atoms with Gasteiger partial charge < -0.3 is 4.74 Å². The van der Waals surface area contributed by atoms with Gasteiger partial charge in [-0.25, -0.2) is 4.98 Å². The Bertz CT molecular complexity index is 345. The number of Topliss-reactive ketones (excluding diaryl/α,β-unsaturated/α-hetero) is 1. The Hall–Kier alpha value is -1.38. The summed E-state index contributed by atoms with van der Waals surface area (Å²) >= 11 is 0. The van der Waals surface area contributed by atoms with Crippen molar-refractivity contribution >= 4 is 5.78 Å². The van der Waals surface area contributed by atoms with Gasteiger partial charge in [0.2, 0.25) is 5.88 Å². The number of nitrogens with zero attached hydrogens (tertiary/aromatic N) is 1. The van der Waals surface area contributed by atoms with Crippen LogP contribution in [0.3, 0.4) is 0 Å². The van der Waals surface area contributed by atoms with Gasteiger partial charge in [0.05, 0.1) is 12.7 Å². The molecule has 14 heavy (non-hydrogen) atoms. The van der Waals surface area contributed by atoms with E-state index in [-0.39, 0.29) is 5.78 Å².